The molecule has 1 heteroatoms. The topological polar surface area (TPSA) is 12.0 Å². The standard InChI is InChI=1S/C10H17N/c1-8-6-7-9-4-2-3-5-10(9)11-8/h5,8-9,11H,2-4,6-7H2,1H3. The van der Waals surface area contributed by atoms with E-state index < -0.39 is 0 Å². The number of hydrogen-bond donors (Lipinski definition) is 1. The summed E-state index contributed by atoms with van der Waals surface area (Å²) in [7, 11) is 0. The number of rotatable bonds is 0. The van der Waals surface area contributed by atoms with Gasteiger partial charge in [-0.3, -0.25) is 0 Å². The SMILES string of the molecule is CC1CCC2CCCC=C2N1. The van der Waals surface area contributed by atoms with E-state index in [9.17, 15) is 0 Å². The molecule has 1 fully saturated rings. The summed E-state index contributed by atoms with van der Waals surface area (Å²) < 4.78 is 0. The summed E-state index contributed by atoms with van der Waals surface area (Å²) in [5.74, 6) is 0.889. The quantitative estimate of drug-likeness (QED) is 0.560. The molecule has 2 rings (SSSR count). The summed E-state index contributed by atoms with van der Waals surface area (Å²) in [6.45, 7) is 2.28. The molecule has 1 N–H and O–H groups in total. The molecule has 2 unspecified atom stereocenters. The van der Waals surface area contributed by atoms with Crippen LogP contribution in [0.5, 0.6) is 0 Å². The summed E-state index contributed by atoms with van der Waals surface area (Å²) in [5, 5.41) is 3.58. The highest BCUT2D eigenvalue weighted by Crippen LogP contribution is 2.31. The maximum absolute atomic E-state index is 3.58. The van der Waals surface area contributed by atoms with Crippen molar-refractivity contribution in [2.45, 2.75) is 45.1 Å². The molecule has 0 aromatic carbocycles. The minimum Gasteiger partial charge on any atom is -0.386 e. The Morgan fingerprint density at radius 2 is 2.27 bits per heavy atom. The molecule has 11 heavy (non-hydrogen) atoms. The largest absolute Gasteiger partial charge is 0.386 e. The van der Waals surface area contributed by atoms with E-state index in [1.165, 1.54) is 32.1 Å². The Kier molecular flexibility index (Phi) is 1.89. The Balaban J connectivity index is 2.07. The van der Waals surface area contributed by atoms with E-state index in [2.05, 4.69) is 18.3 Å². The number of allylic oxidation sites excluding steroid dienone is 2. The van der Waals surface area contributed by atoms with Crippen LogP contribution >= 0.6 is 0 Å². The second-order valence-electron chi connectivity index (χ2n) is 3.91. The molecule has 0 bridgehead atoms. The van der Waals surface area contributed by atoms with Gasteiger partial charge in [0.2, 0.25) is 0 Å². The molecule has 1 saturated heterocycles. The van der Waals surface area contributed by atoms with Crippen molar-refractivity contribution < 1.29 is 0 Å². The van der Waals surface area contributed by atoms with E-state index in [1.807, 2.05) is 0 Å². The van der Waals surface area contributed by atoms with E-state index in [4.69, 9.17) is 0 Å². The third-order valence-electron chi connectivity index (χ3n) is 2.92. The van der Waals surface area contributed by atoms with Crippen LogP contribution in [0.1, 0.15) is 39.0 Å². The van der Waals surface area contributed by atoms with Crippen molar-refractivity contribution in [1.29, 1.82) is 0 Å². The molecule has 1 heterocycles. The molecule has 1 nitrogen and oxygen atoms in total. The summed E-state index contributed by atoms with van der Waals surface area (Å²) >= 11 is 0. The Morgan fingerprint density at radius 1 is 1.36 bits per heavy atom. The van der Waals surface area contributed by atoms with Crippen molar-refractivity contribution in [1.82, 2.24) is 5.32 Å². The van der Waals surface area contributed by atoms with E-state index in [0.29, 0.717) is 0 Å². The number of fused-ring (bicyclic) bond motifs is 1. The molecular weight excluding hydrogens is 134 g/mol. The van der Waals surface area contributed by atoms with Crippen LogP contribution in [0.15, 0.2) is 11.8 Å². The van der Waals surface area contributed by atoms with Crippen molar-refractivity contribution >= 4 is 0 Å². The fourth-order valence-corrected chi connectivity index (χ4v) is 2.23. The third kappa shape index (κ3) is 1.42. The van der Waals surface area contributed by atoms with Crippen LogP contribution in [0, 0.1) is 5.92 Å². The highest BCUT2D eigenvalue weighted by Gasteiger charge is 2.23. The summed E-state index contributed by atoms with van der Waals surface area (Å²) in [6.07, 6.45) is 9.31. The molecule has 1 aliphatic carbocycles. The van der Waals surface area contributed by atoms with E-state index in [1.54, 1.807) is 5.70 Å². The van der Waals surface area contributed by atoms with E-state index >= 15 is 0 Å². The van der Waals surface area contributed by atoms with Gasteiger partial charge in [-0.15, -0.1) is 0 Å². The fraction of sp³-hybridized carbons (Fsp3) is 0.800. The van der Waals surface area contributed by atoms with E-state index in [0.717, 1.165) is 12.0 Å². The number of hydrogen-bond acceptors (Lipinski definition) is 1. The van der Waals surface area contributed by atoms with Crippen LogP contribution in [0.2, 0.25) is 0 Å². The molecule has 0 radical (unpaired) electrons. The first-order valence-corrected chi connectivity index (χ1v) is 4.83. The maximum atomic E-state index is 3.58. The third-order valence-corrected chi connectivity index (χ3v) is 2.92. The average Bonchev–Trinajstić information content (AvgIpc) is 2.04. The molecule has 0 aromatic heterocycles. The van der Waals surface area contributed by atoms with Gasteiger partial charge in [-0.1, -0.05) is 6.08 Å². The summed E-state index contributed by atoms with van der Waals surface area (Å²) in [5.41, 5.74) is 1.55. The highest BCUT2D eigenvalue weighted by molar-refractivity contribution is 5.11. The summed E-state index contributed by atoms with van der Waals surface area (Å²) in [6, 6.07) is 0.718. The van der Waals surface area contributed by atoms with Crippen LogP contribution in [-0.2, 0) is 0 Å². The lowest BCUT2D eigenvalue weighted by atomic mass is 9.84. The molecular formula is C10H17N. The van der Waals surface area contributed by atoms with Gasteiger partial charge >= 0.3 is 0 Å². The molecule has 2 aliphatic rings. The maximum Gasteiger partial charge on any atom is 0.0230 e. The zero-order chi connectivity index (χ0) is 7.68. The minimum atomic E-state index is 0.718. The minimum absolute atomic E-state index is 0.718. The molecule has 1 aliphatic heterocycles. The van der Waals surface area contributed by atoms with Crippen molar-refractivity contribution in [3.05, 3.63) is 11.8 Å². The molecule has 0 saturated carbocycles. The lowest BCUT2D eigenvalue weighted by Gasteiger charge is -2.33. The lowest BCUT2D eigenvalue weighted by molar-refractivity contribution is 0.346. The van der Waals surface area contributed by atoms with Crippen molar-refractivity contribution in [3.63, 3.8) is 0 Å². The molecule has 0 amide bonds. The normalized spacial score (nSPS) is 37.0. The Hall–Kier alpha value is -0.460. The molecule has 0 spiro atoms. The van der Waals surface area contributed by atoms with Crippen molar-refractivity contribution in [3.8, 4) is 0 Å². The molecule has 0 aromatic rings. The van der Waals surface area contributed by atoms with Crippen LogP contribution in [0.3, 0.4) is 0 Å². The van der Waals surface area contributed by atoms with Crippen LogP contribution in [0.4, 0.5) is 0 Å². The van der Waals surface area contributed by atoms with Gasteiger partial charge in [-0.05, 0) is 44.9 Å². The predicted octanol–water partition coefficient (Wildman–Crippen LogP) is 2.44. The van der Waals surface area contributed by atoms with Crippen LogP contribution < -0.4 is 5.32 Å². The van der Waals surface area contributed by atoms with Gasteiger partial charge in [0.05, 0.1) is 0 Å². The van der Waals surface area contributed by atoms with Gasteiger partial charge in [0, 0.05) is 11.7 Å². The lowest BCUT2D eigenvalue weighted by Crippen LogP contribution is -2.35. The van der Waals surface area contributed by atoms with E-state index in [-0.39, 0.29) is 0 Å². The molecule has 2 atom stereocenters. The first-order valence-electron chi connectivity index (χ1n) is 4.83. The van der Waals surface area contributed by atoms with Gasteiger partial charge in [0.25, 0.3) is 0 Å². The first kappa shape index (κ1) is 7.20. The number of piperidine rings is 1. The second kappa shape index (κ2) is 2.88. The van der Waals surface area contributed by atoms with Crippen LogP contribution in [0.25, 0.3) is 0 Å². The summed E-state index contributed by atoms with van der Waals surface area (Å²) in [4.78, 5) is 0. The average molecular weight is 151 g/mol. The highest BCUT2D eigenvalue weighted by atomic mass is 14.9. The predicted molar refractivity (Wildman–Crippen MR) is 47.3 cm³/mol. The monoisotopic (exact) mass is 151 g/mol. The van der Waals surface area contributed by atoms with Crippen LogP contribution in [-0.4, -0.2) is 6.04 Å². The zero-order valence-electron chi connectivity index (χ0n) is 7.27. The first-order chi connectivity index (χ1) is 5.36. The smallest absolute Gasteiger partial charge is 0.0230 e. The van der Waals surface area contributed by atoms with Gasteiger partial charge in [0.15, 0.2) is 0 Å². The van der Waals surface area contributed by atoms with Gasteiger partial charge in [-0.2, -0.15) is 0 Å². The van der Waals surface area contributed by atoms with Gasteiger partial charge in [-0.25, -0.2) is 0 Å². The van der Waals surface area contributed by atoms with Gasteiger partial charge < -0.3 is 5.32 Å². The second-order valence-corrected chi connectivity index (χ2v) is 3.91. The van der Waals surface area contributed by atoms with Crippen molar-refractivity contribution in [2.75, 3.05) is 0 Å². The van der Waals surface area contributed by atoms with Gasteiger partial charge in [0.1, 0.15) is 0 Å². The Bertz CT molecular complexity index is 172. The Labute approximate surface area is 68.9 Å². The Morgan fingerprint density at radius 3 is 3.18 bits per heavy atom. The zero-order valence-corrected chi connectivity index (χ0v) is 7.27. The number of nitrogens with one attached hydrogen (secondary N) is 1. The fourth-order valence-electron chi connectivity index (χ4n) is 2.23. The van der Waals surface area contributed by atoms with Crippen molar-refractivity contribution in [2.24, 2.45) is 5.92 Å². The molecule has 62 valence electrons.